The van der Waals surface area contributed by atoms with E-state index < -0.39 is 11.2 Å². The maximum absolute atomic E-state index is 13.2. The summed E-state index contributed by atoms with van der Waals surface area (Å²) in [4.78, 5) is 11.4. The van der Waals surface area contributed by atoms with Gasteiger partial charge in [0.25, 0.3) is 0 Å². The number of nitrogens with zero attached hydrogens (tertiary/aromatic N) is 3. The van der Waals surface area contributed by atoms with Crippen LogP contribution < -0.4 is 5.73 Å². The molecule has 0 fully saturated rings. The van der Waals surface area contributed by atoms with Crippen molar-refractivity contribution in [3.8, 4) is 11.4 Å². The van der Waals surface area contributed by atoms with Crippen LogP contribution in [0, 0.1) is 5.82 Å². The number of amides is 1. The molecule has 25 heavy (non-hydrogen) atoms. The van der Waals surface area contributed by atoms with E-state index in [2.05, 4.69) is 10.2 Å². The van der Waals surface area contributed by atoms with E-state index in [1.807, 2.05) is 34.9 Å². The van der Waals surface area contributed by atoms with Crippen LogP contribution in [0.4, 0.5) is 4.39 Å². The average molecular weight is 356 g/mol. The van der Waals surface area contributed by atoms with E-state index in [0.29, 0.717) is 17.5 Å². The van der Waals surface area contributed by atoms with Crippen molar-refractivity contribution in [2.45, 2.75) is 23.9 Å². The Labute approximate surface area is 149 Å². The van der Waals surface area contributed by atoms with Gasteiger partial charge in [-0.3, -0.25) is 9.36 Å². The summed E-state index contributed by atoms with van der Waals surface area (Å²) in [6, 6.07) is 15.9. The summed E-state index contributed by atoms with van der Waals surface area (Å²) in [7, 11) is 0. The Balaban J connectivity index is 2.01. The molecule has 0 radical (unpaired) electrons. The van der Waals surface area contributed by atoms with Crippen LogP contribution in [0.2, 0.25) is 0 Å². The van der Waals surface area contributed by atoms with E-state index in [0.717, 1.165) is 11.1 Å². The first-order valence-corrected chi connectivity index (χ1v) is 8.61. The van der Waals surface area contributed by atoms with Gasteiger partial charge in [-0.05, 0) is 36.8 Å². The highest BCUT2D eigenvalue weighted by molar-refractivity contribution is 8.00. The molecule has 1 amide bonds. The first-order valence-electron chi connectivity index (χ1n) is 7.73. The minimum atomic E-state index is -0.431. The predicted octanol–water partition coefficient (Wildman–Crippen LogP) is 3.10. The van der Waals surface area contributed by atoms with E-state index in [1.54, 1.807) is 19.1 Å². The van der Waals surface area contributed by atoms with E-state index in [1.165, 1.54) is 23.9 Å². The fraction of sp³-hybridized carbons (Fsp3) is 0.167. The monoisotopic (exact) mass is 356 g/mol. The first kappa shape index (κ1) is 17.2. The number of aromatic nitrogens is 3. The molecular weight excluding hydrogens is 339 g/mol. The Morgan fingerprint density at radius 3 is 2.48 bits per heavy atom. The third-order valence-electron chi connectivity index (χ3n) is 3.69. The second-order valence-corrected chi connectivity index (χ2v) is 6.86. The number of carbonyl (C=O) groups excluding carboxylic acids is 1. The fourth-order valence-corrected chi connectivity index (χ4v) is 3.11. The molecule has 2 aromatic carbocycles. The molecule has 1 heterocycles. The molecule has 0 aliphatic heterocycles. The molecule has 0 aliphatic rings. The average Bonchev–Trinajstić information content (AvgIpc) is 2.99. The van der Waals surface area contributed by atoms with Gasteiger partial charge in [0, 0.05) is 5.56 Å². The highest BCUT2D eigenvalue weighted by atomic mass is 32.2. The van der Waals surface area contributed by atoms with Gasteiger partial charge in [0.15, 0.2) is 11.0 Å². The lowest BCUT2D eigenvalue weighted by Gasteiger charge is -2.12. The largest absolute Gasteiger partial charge is 0.369 e. The number of primary amides is 1. The zero-order valence-corrected chi connectivity index (χ0v) is 14.4. The molecule has 1 aromatic heterocycles. The Morgan fingerprint density at radius 1 is 1.16 bits per heavy atom. The molecule has 1 atom stereocenters. The van der Waals surface area contributed by atoms with Crippen LogP contribution in [-0.4, -0.2) is 25.9 Å². The number of rotatable bonds is 6. The molecule has 0 bridgehead atoms. The maximum Gasteiger partial charge on any atom is 0.230 e. The van der Waals surface area contributed by atoms with Gasteiger partial charge in [0.1, 0.15) is 5.82 Å². The number of nitrogens with two attached hydrogens (primary N) is 1. The molecule has 128 valence electrons. The molecule has 3 aromatic rings. The van der Waals surface area contributed by atoms with Crippen LogP contribution in [0.5, 0.6) is 0 Å². The van der Waals surface area contributed by atoms with Crippen molar-refractivity contribution in [1.29, 1.82) is 0 Å². The Morgan fingerprint density at radius 2 is 1.84 bits per heavy atom. The highest BCUT2D eigenvalue weighted by Gasteiger charge is 2.19. The van der Waals surface area contributed by atoms with Crippen LogP contribution in [0.25, 0.3) is 11.4 Å². The molecule has 2 N–H and O–H groups in total. The first-order chi connectivity index (χ1) is 12.0. The number of carbonyl (C=O) groups is 1. The molecular formula is C18H17FN4OS. The number of benzene rings is 2. The molecule has 7 heteroatoms. The second-order valence-electron chi connectivity index (χ2n) is 5.55. The van der Waals surface area contributed by atoms with Crippen LogP contribution in [0.15, 0.2) is 59.8 Å². The predicted molar refractivity (Wildman–Crippen MR) is 95.5 cm³/mol. The smallest absolute Gasteiger partial charge is 0.230 e. The summed E-state index contributed by atoms with van der Waals surface area (Å²) in [6.07, 6.45) is 0. The van der Waals surface area contributed by atoms with Crippen LogP contribution >= 0.6 is 11.8 Å². The quantitative estimate of drug-likeness (QED) is 0.689. The third-order valence-corrected chi connectivity index (χ3v) is 4.78. The molecule has 0 spiro atoms. The third kappa shape index (κ3) is 4.06. The Hall–Kier alpha value is -2.67. The minimum Gasteiger partial charge on any atom is -0.369 e. The van der Waals surface area contributed by atoms with Gasteiger partial charge in [-0.15, -0.1) is 10.2 Å². The lowest BCUT2D eigenvalue weighted by atomic mass is 10.2. The van der Waals surface area contributed by atoms with Crippen molar-refractivity contribution in [2.75, 3.05) is 0 Å². The van der Waals surface area contributed by atoms with Gasteiger partial charge in [0.05, 0.1) is 11.8 Å². The normalized spacial score (nSPS) is 12.1. The topological polar surface area (TPSA) is 73.8 Å². The van der Waals surface area contributed by atoms with Gasteiger partial charge in [0.2, 0.25) is 5.91 Å². The summed E-state index contributed by atoms with van der Waals surface area (Å²) in [5.74, 6) is -0.111. The molecule has 5 nitrogen and oxygen atoms in total. The van der Waals surface area contributed by atoms with E-state index in [9.17, 15) is 9.18 Å². The van der Waals surface area contributed by atoms with Crippen LogP contribution in [0.1, 0.15) is 12.5 Å². The SMILES string of the molecule is C[C@H](Sc1nnc(-c2ccc(F)cc2)n1Cc1ccccc1)C(N)=O. The van der Waals surface area contributed by atoms with E-state index >= 15 is 0 Å². The lowest BCUT2D eigenvalue weighted by molar-refractivity contribution is -0.117. The molecule has 3 rings (SSSR count). The van der Waals surface area contributed by atoms with E-state index in [-0.39, 0.29) is 5.82 Å². The second kappa shape index (κ2) is 7.48. The van der Waals surface area contributed by atoms with Gasteiger partial charge < -0.3 is 5.73 Å². The number of hydrogen-bond donors (Lipinski definition) is 1. The van der Waals surface area contributed by atoms with E-state index in [4.69, 9.17) is 5.73 Å². The zero-order chi connectivity index (χ0) is 17.8. The Kier molecular flexibility index (Phi) is 5.14. The van der Waals surface area contributed by atoms with Crippen LogP contribution in [0.3, 0.4) is 0 Å². The van der Waals surface area contributed by atoms with Gasteiger partial charge in [-0.1, -0.05) is 42.1 Å². The van der Waals surface area contributed by atoms with Crippen molar-refractivity contribution in [2.24, 2.45) is 5.73 Å². The standard InChI is InChI=1S/C18H17FN4OS/c1-12(16(20)24)25-18-22-21-17(14-7-9-15(19)10-8-14)23(18)11-13-5-3-2-4-6-13/h2-10,12H,11H2,1H3,(H2,20,24)/t12-/m0/s1. The lowest BCUT2D eigenvalue weighted by Crippen LogP contribution is -2.23. The number of thioether (sulfide) groups is 1. The Bertz CT molecular complexity index is 865. The highest BCUT2D eigenvalue weighted by Crippen LogP contribution is 2.27. The van der Waals surface area contributed by atoms with Crippen molar-refractivity contribution in [3.63, 3.8) is 0 Å². The molecule has 0 aliphatic carbocycles. The summed E-state index contributed by atoms with van der Waals surface area (Å²) in [5.41, 5.74) is 7.18. The molecule has 0 unspecified atom stereocenters. The van der Waals surface area contributed by atoms with Crippen molar-refractivity contribution in [1.82, 2.24) is 14.8 Å². The molecule has 0 saturated carbocycles. The summed E-state index contributed by atoms with van der Waals surface area (Å²) < 4.78 is 15.1. The van der Waals surface area contributed by atoms with Crippen molar-refractivity contribution < 1.29 is 9.18 Å². The summed E-state index contributed by atoms with van der Waals surface area (Å²) in [5, 5.41) is 8.61. The van der Waals surface area contributed by atoms with Gasteiger partial charge in [-0.2, -0.15) is 0 Å². The molecule has 0 saturated heterocycles. The van der Waals surface area contributed by atoms with Crippen LogP contribution in [-0.2, 0) is 11.3 Å². The zero-order valence-electron chi connectivity index (χ0n) is 13.6. The summed E-state index contributed by atoms with van der Waals surface area (Å²) >= 11 is 1.26. The number of hydrogen-bond acceptors (Lipinski definition) is 4. The minimum absolute atomic E-state index is 0.310. The van der Waals surface area contributed by atoms with Crippen molar-refractivity contribution >= 4 is 17.7 Å². The summed E-state index contributed by atoms with van der Waals surface area (Å²) in [6.45, 7) is 2.26. The fourth-order valence-electron chi connectivity index (χ4n) is 2.31. The van der Waals surface area contributed by atoms with Crippen molar-refractivity contribution in [3.05, 3.63) is 66.0 Å². The van der Waals surface area contributed by atoms with Gasteiger partial charge in [-0.25, -0.2) is 4.39 Å². The van der Waals surface area contributed by atoms with Gasteiger partial charge >= 0.3 is 0 Å². The maximum atomic E-state index is 13.2. The number of halogens is 1.